The van der Waals surface area contributed by atoms with Crippen LogP contribution in [0.3, 0.4) is 0 Å². The first-order valence-electron chi connectivity index (χ1n) is 5.69. The molecule has 0 bridgehead atoms. The molecule has 1 N–H and O–H groups in total. The van der Waals surface area contributed by atoms with Crippen molar-refractivity contribution >= 4 is 0 Å². The van der Waals surface area contributed by atoms with Crippen LogP contribution in [0.5, 0.6) is 0 Å². The van der Waals surface area contributed by atoms with Gasteiger partial charge in [-0.3, -0.25) is 0 Å². The molecule has 3 nitrogen and oxygen atoms in total. The summed E-state index contributed by atoms with van der Waals surface area (Å²) in [6.07, 6.45) is 4.38. The van der Waals surface area contributed by atoms with E-state index in [0.29, 0.717) is 12.2 Å². The monoisotopic (exact) mass is 200 g/mol. The lowest BCUT2D eigenvalue weighted by molar-refractivity contribution is -0.0229. The summed E-state index contributed by atoms with van der Waals surface area (Å²) in [7, 11) is 4.22. The van der Waals surface area contributed by atoms with E-state index in [1.165, 1.54) is 12.8 Å². The zero-order valence-electron chi connectivity index (χ0n) is 9.75. The van der Waals surface area contributed by atoms with Crippen LogP contribution in [-0.4, -0.2) is 50.8 Å². The maximum Gasteiger partial charge on any atom is 0.0603 e. The van der Waals surface area contributed by atoms with Crippen LogP contribution in [0, 0.1) is 0 Å². The first-order valence-corrected chi connectivity index (χ1v) is 5.69. The molecule has 1 aliphatic rings. The van der Waals surface area contributed by atoms with Gasteiger partial charge in [0.15, 0.2) is 0 Å². The molecule has 1 rings (SSSR count). The van der Waals surface area contributed by atoms with Crippen molar-refractivity contribution in [3.05, 3.63) is 0 Å². The van der Waals surface area contributed by atoms with Gasteiger partial charge in [0.05, 0.1) is 12.2 Å². The molecule has 0 saturated carbocycles. The summed E-state index contributed by atoms with van der Waals surface area (Å²) < 4.78 is 5.98. The van der Waals surface area contributed by atoms with Crippen LogP contribution in [0.1, 0.15) is 26.2 Å². The molecular weight excluding hydrogens is 176 g/mol. The van der Waals surface area contributed by atoms with E-state index >= 15 is 0 Å². The Hall–Kier alpha value is -0.120. The molecule has 0 aliphatic carbocycles. The topological polar surface area (TPSA) is 24.5 Å². The molecule has 0 aromatic rings. The van der Waals surface area contributed by atoms with Crippen molar-refractivity contribution in [1.29, 1.82) is 0 Å². The van der Waals surface area contributed by atoms with Gasteiger partial charge in [0.2, 0.25) is 0 Å². The fourth-order valence-electron chi connectivity index (χ4n) is 1.77. The molecule has 1 fully saturated rings. The third kappa shape index (κ3) is 4.94. The van der Waals surface area contributed by atoms with Gasteiger partial charge in [-0.05, 0) is 59.9 Å². The van der Waals surface area contributed by atoms with E-state index in [2.05, 4.69) is 31.2 Å². The third-order valence-electron chi connectivity index (χ3n) is 2.69. The zero-order chi connectivity index (χ0) is 10.4. The van der Waals surface area contributed by atoms with Gasteiger partial charge < -0.3 is 15.0 Å². The van der Waals surface area contributed by atoms with E-state index in [-0.39, 0.29) is 0 Å². The molecule has 0 aromatic carbocycles. The summed E-state index contributed by atoms with van der Waals surface area (Å²) >= 11 is 0. The number of nitrogens with one attached hydrogen (secondary N) is 1. The van der Waals surface area contributed by atoms with Crippen LogP contribution in [0.25, 0.3) is 0 Å². The molecular formula is C11H24N2O. The molecule has 0 aromatic heterocycles. The quantitative estimate of drug-likeness (QED) is 0.719. The summed E-state index contributed by atoms with van der Waals surface area (Å²) in [6.45, 7) is 5.54. The van der Waals surface area contributed by atoms with Gasteiger partial charge in [-0.15, -0.1) is 0 Å². The lowest BCUT2D eigenvalue weighted by Gasteiger charge is -2.26. The van der Waals surface area contributed by atoms with E-state index in [0.717, 1.165) is 26.1 Å². The fraction of sp³-hybridized carbons (Fsp3) is 1.00. The predicted molar refractivity (Wildman–Crippen MR) is 59.6 cm³/mol. The van der Waals surface area contributed by atoms with Crippen LogP contribution in [0.2, 0.25) is 0 Å². The molecule has 1 atom stereocenters. The van der Waals surface area contributed by atoms with Gasteiger partial charge in [0.25, 0.3) is 0 Å². The summed E-state index contributed by atoms with van der Waals surface area (Å²) in [5.74, 6) is 0. The lowest BCUT2D eigenvalue weighted by Crippen LogP contribution is -2.34. The van der Waals surface area contributed by atoms with Crippen LogP contribution in [-0.2, 0) is 4.74 Å². The molecule has 0 radical (unpaired) electrons. The minimum Gasteiger partial charge on any atom is -0.375 e. The Bertz CT molecular complexity index is 144. The minimum atomic E-state index is 0.403. The smallest absolute Gasteiger partial charge is 0.0603 e. The van der Waals surface area contributed by atoms with E-state index in [1.54, 1.807) is 0 Å². The van der Waals surface area contributed by atoms with Crippen molar-refractivity contribution in [3.63, 3.8) is 0 Å². The number of nitrogens with zero attached hydrogens (tertiary/aromatic N) is 1. The van der Waals surface area contributed by atoms with Gasteiger partial charge in [0, 0.05) is 0 Å². The Morgan fingerprint density at radius 3 is 2.57 bits per heavy atom. The lowest BCUT2D eigenvalue weighted by atomic mass is 10.1. The predicted octanol–water partition coefficient (Wildman–Crippen LogP) is 1.10. The van der Waals surface area contributed by atoms with Crippen molar-refractivity contribution < 1.29 is 4.74 Å². The summed E-state index contributed by atoms with van der Waals surface area (Å²) in [4.78, 5) is 2.21. The summed E-state index contributed by atoms with van der Waals surface area (Å²) in [5, 5.41) is 3.35. The second kappa shape index (κ2) is 6.38. The van der Waals surface area contributed by atoms with Crippen LogP contribution >= 0.6 is 0 Å². The van der Waals surface area contributed by atoms with E-state index in [9.17, 15) is 0 Å². The van der Waals surface area contributed by atoms with E-state index in [1.807, 2.05) is 0 Å². The molecule has 14 heavy (non-hydrogen) atoms. The molecule has 1 saturated heterocycles. The number of ether oxygens (including phenoxy) is 1. The maximum absolute atomic E-state index is 5.98. The summed E-state index contributed by atoms with van der Waals surface area (Å²) in [6, 6.07) is 0. The minimum absolute atomic E-state index is 0.403. The van der Waals surface area contributed by atoms with Crippen molar-refractivity contribution in [2.75, 3.05) is 33.7 Å². The molecule has 0 amide bonds. The van der Waals surface area contributed by atoms with Crippen LogP contribution in [0.15, 0.2) is 0 Å². The van der Waals surface area contributed by atoms with Crippen molar-refractivity contribution in [1.82, 2.24) is 10.2 Å². The van der Waals surface area contributed by atoms with Gasteiger partial charge in [-0.2, -0.15) is 0 Å². The van der Waals surface area contributed by atoms with Crippen LogP contribution in [0.4, 0.5) is 0 Å². The second-order valence-corrected chi connectivity index (χ2v) is 4.49. The Kier molecular flexibility index (Phi) is 5.45. The average Bonchev–Trinajstić information content (AvgIpc) is 2.16. The normalized spacial score (nSPS) is 21.4. The number of hydrogen-bond acceptors (Lipinski definition) is 3. The van der Waals surface area contributed by atoms with Gasteiger partial charge in [-0.1, -0.05) is 0 Å². The van der Waals surface area contributed by atoms with Gasteiger partial charge in [-0.25, -0.2) is 0 Å². The second-order valence-electron chi connectivity index (χ2n) is 4.49. The molecule has 0 spiro atoms. The van der Waals surface area contributed by atoms with E-state index < -0.39 is 0 Å². The third-order valence-corrected chi connectivity index (χ3v) is 2.69. The van der Waals surface area contributed by atoms with E-state index in [4.69, 9.17) is 4.74 Å². The highest BCUT2D eigenvalue weighted by atomic mass is 16.5. The SMILES string of the molecule is CC(CCN(C)C)OC1CCNCC1. The number of hydrogen-bond donors (Lipinski definition) is 1. The highest BCUT2D eigenvalue weighted by Crippen LogP contribution is 2.11. The highest BCUT2D eigenvalue weighted by Gasteiger charge is 2.16. The summed E-state index contributed by atoms with van der Waals surface area (Å²) in [5.41, 5.74) is 0. The Morgan fingerprint density at radius 1 is 1.36 bits per heavy atom. The molecule has 1 aliphatic heterocycles. The highest BCUT2D eigenvalue weighted by molar-refractivity contribution is 4.69. The Balaban J connectivity index is 2.09. The molecule has 84 valence electrons. The fourth-order valence-corrected chi connectivity index (χ4v) is 1.77. The molecule has 3 heteroatoms. The van der Waals surface area contributed by atoms with Gasteiger partial charge >= 0.3 is 0 Å². The number of rotatable bonds is 5. The van der Waals surface area contributed by atoms with Crippen LogP contribution < -0.4 is 5.32 Å². The van der Waals surface area contributed by atoms with Crippen molar-refractivity contribution in [2.45, 2.75) is 38.4 Å². The number of piperidine rings is 1. The maximum atomic E-state index is 5.98. The first kappa shape index (κ1) is 12.0. The zero-order valence-corrected chi connectivity index (χ0v) is 9.75. The van der Waals surface area contributed by atoms with Gasteiger partial charge in [0.1, 0.15) is 0 Å². The Labute approximate surface area is 87.8 Å². The van der Waals surface area contributed by atoms with Crippen molar-refractivity contribution in [2.24, 2.45) is 0 Å². The average molecular weight is 200 g/mol. The largest absolute Gasteiger partial charge is 0.375 e. The standard InChI is InChI=1S/C11H24N2O/c1-10(6-9-13(2)3)14-11-4-7-12-8-5-11/h10-12H,4-9H2,1-3H3. The van der Waals surface area contributed by atoms with Crippen molar-refractivity contribution in [3.8, 4) is 0 Å². The molecule has 1 unspecified atom stereocenters. The Morgan fingerprint density at radius 2 is 2.00 bits per heavy atom. The first-order chi connectivity index (χ1) is 6.68. The molecule has 1 heterocycles.